The van der Waals surface area contributed by atoms with Crippen LogP contribution in [0.2, 0.25) is 18.1 Å². The molecule has 1 aliphatic heterocycles. The second-order valence-electron chi connectivity index (χ2n) is 8.87. The summed E-state index contributed by atoms with van der Waals surface area (Å²) >= 11 is 0. The Labute approximate surface area is 167 Å². The first kappa shape index (κ1) is 23.8. The van der Waals surface area contributed by atoms with Crippen LogP contribution in [0, 0.1) is 18.3 Å². The van der Waals surface area contributed by atoms with Gasteiger partial charge in [-0.05, 0) is 24.6 Å². The first-order valence-corrected chi connectivity index (χ1v) is 12.6. The third-order valence-electron chi connectivity index (χ3n) is 6.17. The van der Waals surface area contributed by atoms with E-state index in [2.05, 4.69) is 52.9 Å². The van der Waals surface area contributed by atoms with Crippen LogP contribution in [0.5, 0.6) is 0 Å². The molecular weight excluding hydrogens is 354 g/mol. The number of ketones is 1. The molecule has 0 bridgehead atoms. The molecule has 1 fully saturated rings. The topological polar surface area (TPSA) is 38.8 Å². The number of carbonyl (C=O) groups is 1. The van der Waals surface area contributed by atoms with Gasteiger partial charge in [0.25, 0.3) is 0 Å². The van der Waals surface area contributed by atoms with Crippen molar-refractivity contribution in [3.05, 3.63) is 25.3 Å². The largest absolute Gasteiger partial charge is 0.416 e. The van der Waals surface area contributed by atoms with Crippen LogP contribution in [0.4, 0.5) is 0 Å². The van der Waals surface area contributed by atoms with Gasteiger partial charge in [0.05, 0.1) is 6.10 Å². The van der Waals surface area contributed by atoms with Crippen LogP contribution in [-0.2, 0) is 14.0 Å². The minimum absolute atomic E-state index is 0.0562. The Balaban J connectivity index is 3.10. The molecule has 27 heavy (non-hydrogen) atoms. The number of nitrogens with zero attached hydrogens (tertiary/aromatic N) is 1. The van der Waals surface area contributed by atoms with Gasteiger partial charge in [0.15, 0.2) is 14.1 Å². The zero-order valence-electron chi connectivity index (χ0n) is 18.0. The zero-order valence-corrected chi connectivity index (χ0v) is 19.0. The van der Waals surface area contributed by atoms with Crippen molar-refractivity contribution in [2.24, 2.45) is 5.92 Å². The number of terminal acetylenes is 1. The fraction of sp³-hybridized carbons (Fsp3) is 0.682. The number of rotatable bonds is 9. The Bertz CT molecular complexity index is 587. The molecule has 0 saturated carbocycles. The van der Waals surface area contributed by atoms with Crippen molar-refractivity contribution < 1.29 is 14.0 Å². The maximum Gasteiger partial charge on any atom is 0.192 e. The van der Waals surface area contributed by atoms with E-state index in [1.807, 2.05) is 4.90 Å². The quantitative estimate of drug-likeness (QED) is 0.338. The van der Waals surface area contributed by atoms with Crippen LogP contribution in [0.1, 0.15) is 33.6 Å². The predicted molar refractivity (Wildman–Crippen MR) is 115 cm³/mol. The SMILES string of the molecule is C#C[C@@]1(C[C@H](C=C)OC)C(=O)C(CO[Si](C)(C)C(C)(C)C)CCN1CC=C. The van der Waals surface area contributed by atoms with Crippen LogP contribution in [-0.4, -0.2) is 57.4 Å². The van der Waals surface area contributed by atoms with E-state index in [1.54, 1.807) is 19.3 Å². The van der Waals surface area contributed by atoms with E-state index in [4.69, 9.17) is 15.6 Å². The van der Waals surface area contributed by atoms with Gasteiger partial charge in [-0.25, -0.2) is 0 Å². The molecule has 0 aliphatic carbocycles. The summed E-state index contributed by atoms with van der Waals surface area (Å²) in [6, 6.07) is 0. The number of carbonyl (C=O) groups excluding carboxylic acids is 1. The monoisotopic (exact) mass is 391 g/mol. The van der Waals surface area contributed by atoms with Gasteiger partial charge in [-0.1, -0.05) is 38.8 Å². The average molecular weight is 392 g/mol. The molecule has 0 spiro atoms. The maximum absolute atomic E-state index is 13.5. The smallest absolute Gasteiger partial charge is 0.192 e. The van der Waals surface area contributed by atoms with Gasteiger partial charge < -0.3 is 9.16 Å². The van der Waals surface area contributed by atoms with Crippen LogP contribution in [0.3, 0.4) is 0 Å². The fourth-order valence-electron chi connectivity index (χ4n) is 3.22. The molecule has 0 radical (unpaired) electrons. The van der Waals surface area contributed by atoms with Crippen molar-refractivity contribution in [1.82, 2.24) is 4.90 Å². The number of Topliss-reactive ketones (excluding diaryl/α,β-unsaturated/α-hetero) is 1. The highest BCUT2D eigenvalue weighted by atomic mass is 28.4. The van der Waals surface area contributed by atoms with E-state index in [1.165, 1.54) is 0 Å². The molecule has 152 valence electrons. The lowest BCUT2D eigenvalue weighted by molar-refractivity contribution is -0.139. The van der Waals surface area contributed by atoms with Gasteiger partial charge in [-0.2, -0.15) is 0 Å². The van der Waals surface area contributed by atoms with Gasteiger partial charge >= 0.3 is 0 Å². The Morgan fingerprint density at radius 3 is 2.52 bits per heavy atom. The predicted octanol–water partition coefficient (Wildman–Crippen LogP) is 4.05. The Kier molecular flexibility index (Phi) is 8.25. The number of hydrogen-bond acceptors (Lipinski definition) is 4. The zero-order chi connectivity index (χ0) is 20.9. The Morgan fingerprint density at radius 1 is 1.44 bits per heavy atom. The van der Waals surface area contributed by atoms with Gasteiger partial charge in [0.1, 0.15) is 5.54 Å². The molecule has 4 nitrogen and oxygen atoms in total. The lowest BCUT2D eigenvalue weighted by Crippen LogP contribution is -2.62. The van der Waals surface area contributed by atoms with Gasteiger partial charge in [0.2, 0.25) is 0 Å². The second kappa shape index (κ2) is 9.34. The molecule has 0 amide bonds. The van der Waals surface area contributed by atoms with Gasteiger partial charge in [-0.3, -0.25) is 9.69 Å². The average Bonchev–Trinajstić information content (AvgIpc) is 2.60. The minimum atomic E-state index is -1.93. The standard InChI is InChI=1S/C22H37NO3Si/c1-10-14-23-15-13-18(17-26-27(8,9)21(4,5)6)20(24)22(23,12-3)16-19(11-2)25-7/h3,10-11,18-19H,1-2,13-17H2,4-9H3/t18?,19-,22+/m0/s1. The fourth-order valence-corrected chi connectivity index (χ4v) is 4.27. The van der Waals surface area contributed by atoms with Crippen molar-refractivity contribution in [3.8, 4) is 12.3 Å². The van der Waals surface area contributed by atoms with E-state index in [0.29, 0.717) is 19.6 Å². The van der Waals surface area contributed by atoms with E-state index in [0.717, 1.165) is 13.0 Å². The number of likely N-dealkylation sites (tertiary alicyclic amines) is 1. The molecule has 5 heteroatoms. The van der Waals surface area contributed by atoms with Gasteiger partial charge in [-0.15, -0.1) is 19.6 Å². The van der Waals surface area contributed by atoms with Crippen LogP contribution < -0.4 is 0 Å². The lowest BCUT2D eigenvalue weighted by Gasteiger charge is -2.46. The van der Waals surface area contributed by atoms with Crippen molar-refractivity contribution in [2.75, 3.05) is 26.8 Å². The van der Waals surface area contributed by atoms with Crippen LogP contribution in [0.15, 0.2) is 25.3 Å². The molecule has 0 N–H and O–H groups in total. The molecule has 3 atom stereocenters. The number of ether oxygens (including phenoxy) is 1. The molecule has 1 heterocycles. The molecule has 0 aromatic carbocycles. The summed E-state index contributed by atoms with van der Waals surface area (Å²) < 4.78 is 11.8. The summed E-state index contributed by atoms with van der Waals surface area (Å²) in [6.45, 7) is 20.4. The van der Waals surface area contributed by atoms with Crippen molar-refractivity contribution >= 4 is 14.1 Å². The molecular formula is C22H37NO3Si. The molecule has 1 saturated heterocycles. The normalized spacial score (nSPS) is 25.7. The maximum atomic E-state index is 13.5. The van der Waals surface area contributed by atoms with Crippen LogP contribution in [0.25, 0.3) is 0 Å². The summed E-state index contributed by atoms with van der Waals surface area (Å²) in [4.78, 5) is 15.6. The molecule has 1 aliphatic rings. The third kappa shape index (κ3) is 5.20. The molecule has 1 rings (SSSR count). The van der Waals surface area contributed by atoms with Gasteiger partial charge in [0, 0.05) is 39.1 Å². The second-order valence-corrected chi connectivity index (χ2v) is 13.7. The number of piperidine rings is 1. The summed E-state index contributed by atoms with van der Waals surface area (Å²) in [6.07, 6.45) is 10.3. The Morgan fingerprint density at radius 2 is 2.07 bits per heavy atom. The van der Waals surface area contributed by atoms with Crippen LogP contribution >= 0.6 is 0 Å². The molecule has 1 unspecified atom stereocenters. The molecule has 0 aromatic rings. The lowest BCUT2D eigenvalue weighted by atomic mass is 9.76. The summed E-state index contributed by atoms with van der Waals surface area (Å²) in [7, 11) is -0.317. The van der Waals surface area contributed by atoms with Crippen molar-refractivity contribution in [1.29, 1.82) is 0 Å². The first-order chi connectivity index (χ1) is 12.5. The summed E-state index contributed by atoms with van der Waals surface area (Å²) in [5, 5.41) is 0.104. The minimum Gasteiger partial charge on any atom is -0.416 e. The van der Waals surface area contributed by atoms with E-state index in [-0.39, 0.29) is 22.8 Å². The summed E-state index contributed by atoms with van der Waals surface area (Å²) in [5.74, 6) is 2.68. The van der Waals surface area contributed by atoms with E-state index >= 15 is 0 Å². The van der Waals surface area contributed by atoms with E-state index in [9.17, 15) is 4.79 Å². The summed E-state index contributed by atoms with van der Waals surface area (Å²) in [5.41, 5.74) is -1.01. The first-order valence-electron chi connectivity index (χ1n) is 9.66. The molecule has 0 aromatic heterocycles. The highest BCUT2D eigenvalue weighted by Crippen LogP contribution is 2.38. The number of methoxy groups -OCH3 is 1. The van der Waals surface area contributed by atoms with Crippen molar-refractivity contribution in [3.63, 3.8) is 0 Å². The number of hydrogen-bond donors (Lipinski definition) is 0. The van der Waals surface area contributed by atoms with E-state index < -0.39 is 13.9 Å². The Hall–Kier alpha value is -1.19. The highest BCUT2D eigenvalue weighted by Gasteiger charge is 2.50. The highest BCUT2D eigenvalue weighted by molar-refractivity contribution is 6.74. The van der Waals surface area contributed by atoms with Crippen molar-refractivity contribution in [2.45, 2.75) is 63.4 Å². The third-order valence-corrected chi connectivity index (χ3v) is 10.7.